The lowest BCUT2D eigenvalue weighted by molar-refractivity contribution is 1.22. The largest absolute Gasteiger partial charge is 0.0616 e. The van der Waals surface area contributed by atoms with Gasteiger partial charge in [0.25, 0.3) is 0 Å². The van der Waals surface area contributed by atoms with Crippen LogP contribution in [0.5, 0.6) is 0 Å². The topological polar surface area (TPSA) is 0 Å². The molecule has 0 spiro atoms. The molecule has 7 rings (SSSR count). The normalized spacial score (nSPS) is 12.0. The zero-order chi connectivity index (χ0) is 13.8. The van der Waals surface area contributed by atoms with Crippen molar-refractivity contribution in [2.45, 2.75) is 6.42 Å². The van der Waals surface area contributed by atoms with Gasteiger partial charge >= 0.3 is 0 Å². The van der Waals surface area contributed by atoms with Gasteiger partial charge in [-0.1, -0.05) is 60.7 Å². The summed E-state index contributed by atoms with van der Waals surface area (Å²) in [5.41, 5.74) is 2.84. The Hall–Kier alpha value is -2.60. The Morgan fingerprint density at radius 2 is 1.29 bits per heavy atom. The van der Waals surface area contributed by atoms with Crippen LogP contribution in [0.3, 0.4) is 0 Å². The molecule has 0 fully saturated rings. The Bertz CT molecular complexity index is 1050. The Morgan fingerprint density at radius 3 is 2.10 bits per heavy atom. The van der Waals surface area contributed by atoms with Crippen molar-refractivity contribution in [3.63, 3.8) is 0 Å². The van der Waals surface area contributed by atoms with Gasteiger partial charge in [0, 0.05) is 0 Å². The summed E-state index contributed by atoms with van der Waals surface area (Å²) in [6.45, 7) is 0. The molecule has 0 aromatic heterocycles. The number of fused-ring (bicyclic) bond motifs is 3. The fourth-order valence-electron chi connectivity index (χ4n) is 3.50. The average Bonchev–Trinajstić information content (AvgIpc) is 2.55. The van der Waals surface area contributed by atoms with E-state index >= 15 is 0 Å². The van der Waals surface area contributed by atoms with Crippen LogP contribution < -0.4 is 0 Å². The van der Waals surface area contributed by atoms with Crippen LogP contribution in [0.1, 0.15) is 11.1 Å². The maximum Gasteiger partial charge on any atom is -0.00192 e. The van der Waals surface area contributed by atoms with Crippen LogP contribution in [0, 0.1) is 0 Å². The van der Waals surface area contributed by atoms with Gasteiger partial charge in [-0.3, -0.25) is 0 Å². The van der Waals surface area contributed by atoms with E-state index in [0.29, 0.717) is 0 Å². The first-order valence-electron chi connectivity index (χ1n) is 7.42. The van der Waals surface area contributed by atoms with Crippen molar-refractivity contribution in [2.75, 3.05) is 0 Å². The lowest BCUT2D eigenvalue weighted by atomic mass is 9.90. The van der Waals surface area contributed by atoms with E-state index in [2.05, 4.69) is 72.8 Å². The lowest BCUT2D eigenvalue weighted by Crippen LogP contribution is -1.93. The Labute approximate surface area is 123 Å². The third-order valence-electron chi connectivity index (χ3n) is 4.58. The number of rotatable bonds is 2. The van der Waals surface area contributed by atoms with E-state index in [1.165, 1.54) is 43.4 Å². The zero-order valence-electron chi connectivity index (χ0n) is 11.6. The SMILES string of the molecule is c1ccc2cc(Cc3cc4cc5ccc4cc35)ccc2c1. The molecule has 0 unspecified atom stereocenters. The van der Waals surface area contributed by atoms with Gasteiger partial charge in [0.2, 0.25) is 0 Å². The molecule has 0 atom stereocenters. The van der Waals surface area contributed by atoms with Gasteiger partial charge in [0.15, 0.2) is 0 Å². The summed E-state index contributed by atoms with van der Waals surface area (Å²) in [6, 6.07) is 26.8. The molecule has 98 valence electrons. The molecule has 4 bridgehead atoms. The third kappa shape index (κ3) is 1.62. The van der Waals surface area contributed by atoms with Crippen molar-refractivity contribution in [1.29, 1.82) is 0 Å². The van der Waals surface area contributed by atoms with Crippen molar-refractivity contribution in [2.24, 2.45) is 0 Å². The molecule has 0 aliphatic carbocycles. The van der Waals surface area contributed by atoms with E-state index in [1.54, 1.807) is 0 Å². The van der Waals surface area contributed by atoms with Crippen molar-refractivity contribution >= 4 is 32.3 Å². The van der Waals surface area contributed by atoms with Gasteiger partial charge in [-0.25, -0.2) is 0 Å². The van der Waals surface area contributed by atoms with Gasteiger partial charge in [0.05, 0.1) is 0 Å². The number of hydrogen-bond acceptors (Lipinski definition) is 0. The van der Waals surface area contributed by atoms with Gasteiger partial charge in [0.1, 0.15) is 0 Å². The molecule has 0 N–H and O–H groups in total. The highest BCUT2D eigenvalue weighted by atomic mass is 14.1. The highest BCUT2D eigenvalue weighted by molar-refractivity contribution is 6.05. The van der Waals surface area contributed by atoms with Crippen LogP contribution in [0.25, 0.3) is 32.3 Å². The molecule has 0 saturated heterocycles. The maximum atomic E-state index is 2.35. The second-order valence-electron chi connectivity index (χ2n) is 5.93. The van der Waals surface area contributed by atoms with Gasteiger partial charge in [-0.15, -0.1) is 0 Å². The molecule has 0 aliphatic rings. The minimum atomic E-state index is 1.01. The van der Waals surface area contributed by atoms with E-state index in [-0.39, 0.29) is 0 Å². The smallest absolute Gasteiger partial charge is 0.00192 e. The van der Waals surface area contributed by atoms with Gasteiger partial charge in [-0.2, -0.15) is 0 Å². The minimum Gasteiger partial charge on any atom is -0.0616 e. The number of hydrogen-bond donors (Lipinski definition) is 0. The van der Waals surface area contributed by atoms with Crippen molar-refractivity contribution in [1.82, 2.24) is 0 Å². The van der Waals surface area contributed by atoms with E-state index in [9.17, 15) is 0 Å². The summed E-state index contributed by atoms with van der Waals surface area (Å²) in [5.74, 6) is 0. The predicted octanol–water partition coefficient (Wildman–Crippen LogP) is 5.61. The summed E-state index contributed by atoms with van der Waals surface area (Å²) in [4.78, 5) is 0. The Morgan fingerprint density at radius 1 is 0.524 bits per heavy atom. The fraction of sp³-hybridized carbons (Fsp3) is 0.0476. The predicted molar refractivity (Wildman–Crippen MR) is 90.6 cm³/mol. The molecule has 0 saturated carbocycles. The van der Waals surface area contributed by atoms with Crippen molar-refractivity contribution < 1.29 is 0 Å². The number of benzene rings is 7. The van der Waals surface area contributed by atoms with Crippen LogP contribution in [-0.2, 0) is 6.42 Å². The van der Waals surface area contributed by atoms with E-state index in [0.717, 1.165) is 6.42 Å². The molecular formula is C21H14. The fourth-order valence-corrected chi connectivity index (χ4v) is 3.50. The van der Waals surface area contributed by atoms with Crippen LogP contribution >= 0.6 is 0 Å². The molecule has 0 radical (unpaired) electrons. The Balaban J connectivity index is 1.63. The monoisotopic (exact) mass is 266 g/mol. The summed E-state index contributed by atoms with van der Waals surface area (Å²) >= 11 is 0. The van der Waals surface area contributed by atoms with E-state index in [1.807, 2.05) is 0 Å². The molecule has 0 aliphatic heterocycles. The minimum absolute atomic E-state index is 1.01. The van der Waals surface area contributed by atoms with E-state index < -0.39 is 0 Å². The average molecular weight is 266 g/mol. The highest BCUT2D eigenvalue weighted by Crippen LogP contribution is 2.33. The second-order valence-corrected chi connectivity index (χ2v) is 5.93. The molecule has 0 amide bonds. The molecular weight excluding hydrogens is 252 g/mol. The van der Waals surface area contributed by atoms with Crippen molar-refractivity contribution in [3.8, 4) is 0 Å². The van der Waals surface area contributed by atoms with Crippen LogP contribution in [0.15, 0.2) is 72.8 Å². The van der Waals surface area contributed by atoms with Crippen LogP contribution in [0.4, 0.5) is 0 Å². The van der Waals surface area contributed by atoms with Crippen LogP contribution in [-0.4, -0.2) is 0 Å². The van der Waals surface area contributed by atoms with E-state index in [4.69, 9.17) is 0 Å². The maximum absolute atomic E-state index is 2.35. The molecule has 0 heteroatoms. The quantitative estimate of drug-likeness (QED) is 0.389. The first-order valence-corrected chi connectivity index (χ1v) is 7.42. The summed E-state index contributed by atoms with van der Waals surface area (Å²) in [7, 11) is 0. The molecule has 7 aromatic rings. The molecule has 0 nitrogen and oxygen atoms in total. The molecule has 0 heterocycles. The second kappa shape index (κ2) is 3.95. The summed E-state index contributed by atoms with van der Waals surface area (Å²) < 4.78 is 0. The first kappa shape index (κ1) is 11.1. The van der Waals surface area contributed by atoms with Crippen molar-refractivity contribution in [3.05, 3.63) is 83.9 Å². The zero-order valence-corrected chi connectivity index (χ0v) is 11.6. The van der Waals surface area contributed by atoms with Crippen LogP contribution in [0.2, 0.25) is 0 Å². The summed E-state index contributed by atoms with van der Waals surface area (Å²) in [6.07, 6.45) is 1.01. The van der Waals surface area contributed by atoms with Gasteiger partial charge < -0.3 is 0 Å². The lowest BCUT2D eigenvalue weighted by Gasteiger charge is -2.14. The standard InChI is InChI=1S/C21H14/c1-2-4-16-9-14(5-6-15(16)3-1)10-20-12-19-11-18-8-7-17(19)13-21(18)20/h1-9,11-13H,10H2. The summed E-state index contributed by atoms with van der Waals surface area (Å²) in [5, 5.41) is 8.16. The van der Waals surface area contributed by atoms with Gasteiger partial charge in [-0.05, 0) is 62.0 Å². The third-order valence-corrected chi connectivity index (χ3v) is 4.58. The Kier molecular flexibility index (Phi) is 2.09. The molecule has 7 aromatic carbocycles. The molecule has 21 heavy (non-hydrogen) atoms. The highest BCUT2D eigenvalue weighted by Gasteiger charge is 2.09. The first-order chi connectivity index (χ1) is 10.4.